The molecule has 0 radical (unpaired) electrons. The number of benzene rings is 1. The average molecular weight is 348 g/mol. The number of nitrogens with zero attached hydrogens (tertiary/aromatic N) is 1. The number of rotatable bonds is 7. The van der Waals surface area contributed by atoms with E-state index in [1.807, 2.05) is 45.0 Å². The van der Waals surface area contributed by atoms with Crippen LogP contribution in [0.5, 0.6) is 5.75 Å². The molecule has 2 rings (SSSR count). The van der Waals surface area contributed by atoms with Gasteiger partial charge in [-0.2, -0.15) is 0 Å². The first-order chi connectivity index (χ1) is 12.0. The van der Waals surface area contributed by atoms with Crippen molar-refractivity contribution in [3.05, 3.63) is 24.3 Å². The molecule has 0 aliphatic carbocycles. The van der Waals surface area contributed by atoms with Gasteiger partial charge in [-0.1, -0.05) is 12.1 Å². The van der Waals surface area contributed by atoms with Crippen LogP contribution in [0, 0.1) is 5.92 Å². The van der Waals surface area contributed by atoms with Gasteiger partial charge in [0.2, 0.25) is 5.91 Å². The first-order valence-electron chi connectivity index (χ1n) is 8.95. The standard InChI is InChI=1S/C19H28N2O4/c1-4-24-19(23)15-9-11-21(12-10-15)18(22)13-20-16-7-5-6-8-17(16)25-14(2)3/h5-8,14-15,20H,4,9-13H2,1-3H3. The van der Waals surface area contributed by atoms with Crippen molar-refractivity contribution < 1.29 is 19.1 Å². The van der Waals surface area contributed by atoms with Gasteiger partial charge in [0.05, 0.1) is 30.9 Å². The van der Waals surface area contributed by atoms with E-state index in [-0.39, 0.29) is 30.4 Å². The van der Waals surface area contributed by atoms with Crippen LogP contribution in [0.15, 0.2) is 24.3 Å². The van der Waals surface area contributed by atoms with Crippen LogP contribution in [-0.4, -0.2) is 49.1 Å². The highest BCUT2D eigenvalue weighted by molar-refractivity contribution is 5.82. The molecule has 0 saturated carbocycles. The molecule has 1 aromatic carbocycles. The van der Waals surface area contributed by atoms with Crippen molar-refractivity contribution in [2.75, 3.05) is 31.6 Å². The third kappa shape index (κ3) is 5.66. The summed E-state index contributed by atoms with van der Waals surface area (Å²) in [5.74, 6) is 0.539. The Bertz CT molecular complexity index is 581. The molecule has 1 aliphatic rings. The number of hydrogen-bond donors (Lipinski definition) is 1. The quantitative estimate of drug-likeness (QED) is 0.768. The summed E-state index contributed by atoms with van der Waals surface area (Å²) in [5.41, 5.74) is 0.811. The predicted octanol–water partition coefficient (Wildman–Crippen LogP) is 2.69. The van der Waals surface area contributed by atoms with Crippen LogP contribution < -0.4 is 10.1 Å². The molecule has 1 amide bonds. The van der Waals surface area contributed by atoms with Crippen LogP contribution in [0.1, 0.15) is 33.6 Å². The number of carbonyl (C=O) groups is 2. The first-order valence-corrected chi connectivity index (χ1v) is 8.95. The van der Waals surface area contributed by atoms with E-state index in [0.717, 1.165) is 11.4 Å². The van der Waals surface area contributed by atoms with Gasteiger partial charge < -0.3 is 19.7 Å². The first kappa shape index (κ1) is 19.1. The molecule has 1 fully saturated rings. The number of anilines is 1. The minimum absolute atomic E-state index is 0.0293. The van der Waals surface area contributed by atoms with E-state index in [9.17, 15) is 9.59 Å². The minimum Gasteiger partial charge on any atom is -0.489 e. The molecule has 138 valence electrons. The zero-order valence-electron chi connectivity index (χ0n) is 15.3. The Labute approximate surface area is 149 Å². The Morgan fingerprint density at radius 1 is 1.24 bits per heavy atom. The van der Waals surface area contributed by atoms with Gasteiger partial charge >= 0.3 is 5.97 Å². The number of ether oxygens (including phenoxy) is 2. The van der Waals surface area contributed by atoms with E-state index < -0.39 is 0 Å². The van der Waals surface area contributed by atoms with E-state index in [2.05, 4.69) is 5.32 Å². The number of carbonyl (C=O) groups excluding carboxylic acids is 2. The summed E-state index contributed by atoms with van der Waals surface area (Å²) in [5, 5.41) is 3.16. The van der Waals surface area contributed by atoms with Crippen LogP contribution in [0.25, 0.3) is 0 Å². The highest BCUT2D eigenvalue weighted by atomic mass is 16.5. The number of piperidine rings is 1. The van der Waals surface area contributed by atoms with Crippen molar-refractivity contribution in [1.29, 1.82) is 0 Å². The lowest BCUT2D eigenvalue weighted by Crippen LogP contribution is -2.43. The fourth-order valence-electron chi connectivity index (χ4n) is 2.88. The van der Waals surface area contributed by atoms with E-state index in [1.54, 1.807) is 4.90 Å². The second kappa shape index (κ2) is 9.30. The molecule has 25 heavy (non-hydrogen) atoms. The normalized spacial score (nSPS) is 15.1. The van der Waals surface area contributed by atoms with Gasteiger partial charge in [0.15, 0.2) is 0 Å². The van der Waals surface area contributed by atoms with Crippen molar-refractivity contribution in [3.63, 3.8) is 0 Å². The Morgan fingerprint density at radius 3 is 2.56 bits per heavy atom. The van der Waals surface area contributed by atoms with E-state index in [4.69, 9.17) is 9.47 Å². The maximum Gasteiger partial charge on any atom is 0.309 e. The van der Waals surface area contributed by atoms with Crippen molar-refractivity contribution in [2.24, 2.45) is 5.92 Å². The summed E-state index contributed by atoms with van der Waals surface area (Å²) in [7, 11) is 0. The van der Waals surface area contributed by atoms with Crippen LogP contribution in [0.3, 0.4) is 0 Å². The van der Waals surface area contributed by atoms with Gasteiger partial charge in [0.1, 0.15) is 5.75 Å². The van der Waals surface area contributed by atoms with Crippen LogP contribution in [0.4, 0.5) is 5.69 Å². The molecule has 0 bridgehead atoms. The van der Waals surface area contributed by atoms with Gasteiger partial charge in [-0.25, -0.2) is 0 Å². The van der Waals surface area contributed by atoms with Crippen molar-refractivity contribution >= 4 is 17.6 Å². The van der Waals surface area contributed by atoms with Crippen molar-refractivity contribution in [3.8, 4) is 5.75 Å². The summed E-state index contributed by atoms with van der Waals surface area (Å²) in [6.45, 7) is 7.54. The summed E-state index contributed by atoms with van der Waals surface area (Å²) in [4.78, 5) is 26.0. The molecule has 1 N–H and O–H groups in total. The molecular weight excluding hydrogens is 320 g/mol. The highest BCUT2D eigenvalue weighted by Crippen LogP contribution is 2.25. The van der Waals surface area contributed by atoms with E-state index in [0.29, 0.717) is 32.5 Å². The monoisotopic (exact) mass is 348 g/mol. The maximum absolute atomic E-state index is 12.4. The summed E-state index contributed by atoms with van der Waals surface area (Å²) >= 11 is 0. The molecule has 1 saturated heterocycles. The molecule has 0 atom stereocenters. The average Bonchev–Trinajstić information content (AvgIpc) is 2.60. The summed E-state index contributed by atoms with van der Waals surface area (Å²) < 4.78 is 10.8. The molecule has 6 heteroatoms. The fraction of sp³-hybridized carbons (Fsp3) is 0.579. The Balaban J connectivity index is 1.83. The van der Waals surface area contributed by atoms with Gasteiger partial charge in [-0.05, 0) is 45.7 Å². The second-order valence-electron chi connectivity index (χ2n) is 6.42. The Morgan fingerprint density at radius 2 is 1.92 bits per heavy atom. The molecule has 0 unspecified atom stereocenters. The van der Waals surface area contributed by atoms with Crippen LogP contribution in [0.2, 0.25) is 0 Å². The Kier molecular flexibility index (Phi) is 7.10. The van der Waals surface area contributed by atoms with Gasteiger partial charge in [0, 0.05) is 13.1 Å². The van der Waals surface area contributed by atoms with E-state index >= 15 is 0 Å². The summed E-state index contributed by atoms with van der Waals surface area (Å²) in [6, 6.07) is 7.60. The number of amides is 1. The zero-order chi connectivity index (χ0) is 18.2. The molecular formula is C19H28N2O4. The lowest BCUT2D eigenvalue weighted by Gasteiger charge is -2.31. The predicted molar refractivity (Wildman–Crippen MR) is 96.6 cm³/mol. The minimum atomic E-state index is -0.146. The number of esters is 1. The zero-order valence-corrected chi connectivity index (χ0v) is 15.3. The van der Waals surface area contributed by atoms with E-state index in [1.165, 1.54) is 0 Å². The maximum atomic E-state index is 12.4. The SMILES string of the molecule is CCOC(=O)C1CCN(C(=O)CNc2ccccc2OC(C)C)CC1. The molecule has 1 aliphatic heterocycles. The smallest absolute Gasteiger partial charge is 0.309 e. The van der Waals surface area contributed by atoms with Crippen molar-refractivity contribution in [2.45, 2.75) is 39.7 Å². The van der Waals surface area contributed by atoms with Gasteiger partial charge in [0.25, 0.3) is 0 Å². The topological polar surface area (TPSA) is 67.9 Å². The van der Waals surface area contributed by atoms with Crippen LogP contribution in [-0.2, 0) is 14.3 Å². The third-order valence-electron chi connectivity index (χ3n) is 4.15. The largest absolute Gasteiger partial charge is 0.489 e. The molecule has 1 heterocycles. The second-order valence-corrected chi connectivity index (χ2v) is 6.42. The fourth-order valence-corrected chi connectivity index (χ4v) is 2.88. The third-order valence-corrected chi connectivity index (χ3v) is 4.15. The van der Waals surface area contributed by atoms with Gasteiger partial charge in [-0.15, -0.1) is 0 Å². The number of hydrogen-bond acceptors (Lipinski definition) is 5. The lowest BCUT2D eigenvalue weighted by atomic mass is 9.97. The number of likely N-dealkylation sites (tertiary alicyclic amines) is 1. The lowest BCUT2D eigenvalue weighted by molar-refractivity contribution is -0.151. The molecule has 0 aromatic heterocycles. The highest BCUT2D eigenvalue weighted by Gasteiger charge is 2.28. The number of para-hydroxylation sites is 2. The number of nitrogens with one attached hydrogen (secondary N) is 1. The summed E-state index contributed by atoms with van der Waals surface area (Å²) in [6.07, 6.45) is 1.40. The molecule has 1 aromatic rings. The Hall–Kier alpha value is -2.24. The van der Waals surface area contributed by atoms with Crippen LogP contribution >= 0.6 is 0 Å². The van der Waals surface area contributed by atoms with Gasteiger partial charge in [-0.3, -0.25) is 9.59 Å². The molecule has 0 spiro atoms. The van der Waals surface area contributed by atoms with Crippen molar-refractivity contribution in [1.82, 2.24) is 4.90 Å². The molecule has 6 nitrogen and oxygen atoms in total.